The monoisotopic (exact) mass is 504 g/mol. The summed E-state index contributed by atoms with van der Waals surface area (Å²) in [6.07, 6.45) is 1.66. The molecule has 1 amide bonds. The van der Waals surface area contributed by atoms with Crippen LogP contribution in [0.15, 0.2) is 78.9 Å². The summed E-state index contributed by atoms with van der Waals surface area (Å²) in [5.41, 5.74) is 4.96. The average Bonchev–Trinajstić information content (AvgIpc) is 3.25. The van der Waals surface area contributed by atoms with Crippen molar-refractivity contribution in [2.75, 3.05) is 31.1 Å². The van der Waals surface area contributed by atoms with E-state index in [9.17, 15) is 4.79 Å². The van der Waals surface area contributed by atoms with E-state index in [4.69, 9.17) is 4.98 Å². The number of nitrogens with zero attached hydrogens (tertiary/aromatic N) is 6. The van der Waals surface area contributed by atoms with Gasteiger partial charge in [0.25, 0.3) is 0 Å². The number of fused-ring (bicyclic) bond motifs is 3. The van der Waals surface area contributed by atoms with E-state index >= 15 is 0 Å². The SMILES string of the molecule is CCC(C(=O)N1CCCN(c2nc3ccccc3c3nnc(-c4cccc(C)c4)n23)CC1)c1ccccc1. The van der Waals surface area contributed by atoms with Crippen molar-refractivity contribution in [3.05, 3.63) is 90.0 Å². The smallest absolute Gasteiger partial charge is 0.230 e. The molecule has 0 radical (unpaired) electrons. The molecule has 1 aliphatic rings. The Morgan fingerprint density at radius 2 is 1.71 bits per heavy atom. The molecule has 1 fully saturated rings. The fraction of sp³-hybridized carbons (Fsp3) is 0.290. The number of para-hydroxylation sites is 1. The quantitative estimate of drug-likeness (QED) is 0.317. The van der Waals surface area contributed by atoms with Gasteiger partial charge in [0.05, 0.1) is 11.4 Å². The van der Waals surface area contributed by atoms with E-state index in [1.54, 1.807) is 0 Å². The Hall–Kier alpha value is -4.26. The normalized spacial score (nSPS) is 15.1. The van der Waals surface area contributed by atoms with Gasteiger partial charge in [-0.25, -0.2) is 9.38 Å². The third-order valence-electron chi connectivity index (χ3n) is 7.50. The van der Waals surface area contributed by atoms with Crippen LogP contribution in [0.5, 0.6) is 0 Å². The van der Waals surface area contributed by atoms with Gasteiger partial charge in [0.15, 0.2) is 11.5 Å². The highest BCUT2D eigenvalue weighted by atomic mass is 16.2. The van der Waals surface area contributed by atoms with Gasteiger partial charge in [-0.15, -0.1) is 10.2 Å². The Bertz CT molecular complexity index is 1590. The van der Waals surface area contributed by atoms with Crippen LogP contribution in [-0.2, 0) is 4.79 Å². The van der Waals surface area contributed by atoms with Crippen molar-refractivity contribution in [2.24, 2.45) is 0 Å². The van der Waals surface area contributed by atoms with Crippen molar-refractivity contribution < 1.29 is 4.79 Å². The number of aromatic nitrogens is 4. The van der Waals surface area contributed by atoms with E-state index in [0.717, 1.165) is 65.4 Å². The number of rotatable bonds is 5. The fourth-order valence-corrected chi connectivity index (χ4v) is 5.55. The molecular weight excluding hydrogens is 472 g/mol. The average molecular weight is 505 g/mol. The van der Waals surface area contributed by atoms with Crippen LogP contribution >= 0.6 is 0 Å². The van der Waals surface area contributed by atoms with E-state index in [1.807, 2.05) is 53.4 Å². The molecule has 5 aromatic rings. The van der Waals surface area contributed by atoms with Crippen molar-refractivity contribution in [1.29, 1.82) is 0 Å². The Labute approximate surface area is 222 Å². The first-order valence-electron chi connectivity index (χ1n) is 13.4. The lowest BCUT2D eigenvalue weighted by molar-refractivity contribution is -0.132. The van der Waals surface area contributed by atoms with Crippen molar-refractivity contribution in [2.45, 2.75) is 32.6 Å². The molecule has 0 N–H and O–H groups in total. The highest BCUT2D eigenvalue weighted by Crippen LogP contribution is 2.30. The van der Waals surface area contributed by atoms with Crippen LogP contribution in [0.1, 0.15) is 36.8 Å². The fourth-order valence-electron chi connectivity index (χ4n) is 5.55. The third kappa shape index (κ3) is 4.38. The summed E-state index contributed by atoms with van der Waals surface area (Å²) >= 11 is 0. The molecule has 1 atom stereocenters. The molecule has 0 aliphatic carbocycles. The molecule has 38 heavy (non-hydrogen) atoms. The standard InChI is InChI=1S/C31H32N6O/c1-3-25(23-12-5-4-6-13-23)30(38)35-17-10-18-36(20-19-35)31-32-27-16-8-7-15-26(27)29-34-33-28(37(29)31)24-14-9-11-22(2)21-24/h4-9,11-16,21,25H,3,10,17-20H2,1-2H3. The summed E-state index contributed by atoms with van der Waals surface area (Å²) in [4.78, 5) is 23.1. The molecule has 0 bridgehead atoms. The van der Waals surface area contributed by atoms with Crippen molar-refractivity contribution in [1.82, 2.24) is 24.5 Å². The van der Waals surface area contributed by atoms with E-state index in [0.29, 0.717) is 13.1 Å². The molecular formula is C31H32N6O. The molecule has 7 nitrogen and oxygen atoms in total. The van der Waals surface area contributed by atoms with Crippen molar-refractivity contribution >= 4 is 28.4 Å². The number of carbonyl (C=O) groups excluding carboxylic acids is 1. The van der Waals surface area contributed by atoms with Gasteiger partial charge in [-0.2, -0.15) is 0 Å². The molecule has 0 saturated carbocycles. The van der Waals surface area contributed by atoms with Crippen LogP contribution in [0.2, 0.25) is 0 Å². The number of carbonyl (C=O) groups is 1. The zero-order valence-electron chi connectivity index (χ0n) is 21.9. The zero-order valence-corrected chi connectivity index (χ0v) is 21.9. The second-order valence-corrected chi connectivity index (χ2v) is 10.0. The molecule has 1 unspecified atom stereocenters. The van der Waals surface area contributed by atoms with Crippen LogP contribution in [-0.4, -0.2) is 56.6 Å². The summed E-state index contributed by atoms with van der Waals surface area (Å²) < 4.78 is 2.09. The van der Waals surface area contributed by atoms with Crippen LogP contribution in [0.25, 0.3) is 27.9 Å². The molecule has 2 aromatic heterocycles. The van der Waals surface area contributed by atoms with Gasteiger partial charge in [0, 0.05) is 37.1 Å². The van der Waals surface area contributed by atoms with Crippen molar-refractivity contribution in [3.8, 4) is 11.4 Å². The minimum atomic E-state index is -0.112. The first-order valence-corrected chi connectivity index (χ1v) is 13.4. The van der Waals surface area contributed by atoms with Crippen LogP contribution < -0.4 is 4.90 Å². The van der Waals surface area contributed by atoms with Gasteiger partial charge in [-0.3, -0.25) is 4.79 Å². The Morgan fingerprint density at radius 1 is 0.895 bits per heavy atom. The van der Waals surface area contributed by atoms with E-state index < -0.39 is 0 Å². The minimum absolute atomic E-state index is 0.112. The first-order chi connectivity index (χ1) is 18.6. The maximum absolute atomic E-state index is 13.6. The minimum Gasteiger partial charge on any atom is -0.340 e. The topological polar surface area (TPSA) is 66.6 Å². The molecule has 6 rings (SSSR count). The van der Waals surface area contributed by atoms with E-state index in [2.05, 4.69) is 63.7 Å². The summed E-state index contributed by atoms with van der Waals surface area (Å²) in [6.45, 7) is 7.07. The second-order valence-electron chi connectivity index (χ2n) is 10.0. The Morgan fingerprint density at radius 3 is 2.53 bits per heavy atom. The summed E-state index contributed by atoms with van der Waals surface area (Å²) in [6, 6.07) is 26.6. The lowest BCUT2D eigenvalue weighted by atomic mass is 9.95. The maximum Gasteiger partial charge on any atom is 0.230 e. The summed E-state index contributed by atoms with van der Waals surface area (Å²) in [5.74, 6) is 1.70. The largest absolute Gasteiger partial charge is 0.340 e. The molecule has 3 heterocycles. The number of aryl methyl sites for hydroxylation is 1. The predicted molar refractivity (Wildman–Crippen MR) is 151 cm³/mol. The number of benzene rings is 3. The van der Waals surface area contributed by atoms with E-state index in [-0.39, 0.29) is 11.8 Å². The first kappa shape index (κ1) is 24.1. The molecule has 3 aromatic carbocycles. The molecule has 0 spiro atoms. The lowest BCUT2D eigenvalue weighted by Crippen LogP contribution is -2.38. The highest BCUT2D eigenvalue weighted by molar-refractivity contribution is 5.93. The van der Waals surface area contributed by atoms with E-state index in [1.165, 1.54) is 5.56 Å². The zero-order chi connectivity index (χ0) is 26.1. The second kappa shape index (κ2) is 10.2. The highest BCUT2D eigenvalue weighted by Gasteiger charge is 2.28. The number of anilines is 1. The number of hydrogen-bond acceptors (Lipinski definition) is 5. The van der Waals surface area contributed by atoms with Gasteiger partial charge in [0.2, 0.25) is 11.9 Å². The molecule has 192 valence electrons. The third-order valence-corrected chi connectivity index (χ3v) is 7.50. The molecule has 1 aliphatic heterocycles. The van der Waals surface area contributed by atoms with Gasteiger partial charge in [-0.05, 0) is 43.5 Å². The van der Waals surface area contributed by atoms with Gasteiger partial charge >= 0.3 is 0 Å². The number of amides is 1. The van der Waals surface area contributed by atoms with Crippen molar-refractivity contribution in [3.63, 3.8) is 0 Å². The summed E-state index contributed by atoms with van der Waals surface area (Å²) in [5, 5.41) is 10.2. The Balaban J connectivity index is 1.37. The number of hydrogen-bond donors (Lipinski definition) is 0. The molecule has 7 heteroatoms. The van der Waals surface area contributed by atoms with Gasteiger partial charge in [-0.1, -0.05) is 73.2 Å². The Kier molecular flexibility index (Phi) is 6.50. The maximum atomic E-state index is 13.6. The predicted octanol–water partition coefficient (Wildman–Crippen LogP) is 5.49. The van der Waals surface area contributed by atoms with Gasteiger partial charge < -0.3 is 9.80 Å². The van der Waals surface area contributed by atoms with Crippen LogP contribution in [0, 0.1) is 6.92 Å². The molecule has 1 saturated heterocycles. The lowest BCUT2D eigenvalue weighted by Gasteiger charge is -2.27. The van der Waals surface area contributed by atoms with Crippen LogP contribution in [0.3, 0.4) is 0 Å². The van der Waals surface area contributed by atoms with Crippen LogP contribution in [0.4, 0.5) is 5.95 Å². The summed E-state index contributed by atoms with van der Waals surface area (Å²) in [7, 11) is 0. The van der Waals surface area contributed by atoms with Gasteiger partial charge in [0.1, 0.15) is 0 Å².